The molecule has 0 atom stereocenters. The molecule has 0 unspecified atom stereocenters. The Hall–Kier alpha value is -1.39. The minimum atomic E-state index is -0.000278. The van der Waals surface area contributed by atoms with Crippen LogP contribution >= 0.6 is 0 Å². The van der Waals surface area contributed by atoms with Crippen LogP contribution in [0.1, 0.15) is 22.8 Å². The van der Waals surface area contributed by atoms with Gasteiger partial charge in [0.25, 0.3) is 5.91 Å². The van der Waals surface area contributed by atoms with Crippen LogP contribution in [0.5, 0.6) is 0 Å². The maximum atomic E-state index is 12.2. The summed E-state index contributed by atoms with van der Waals surface area (Å²) in [6.07, 6.45) is 0. The summed E-state index contributed by atoms with van der Waals surface area (Å²) >= 11 is 0. The Morgan fingerprint density at radius 2 is 2.00 bits per heavy atom. The van der Waals surface area contributed by atoms with E-state index in [1.165, 1.54) is 0 Å². The third-order valence-electron chi connectivity index (χ3n) is 3.25. The Labute approximate surface area is 107 Å². The smallest absolute Gasteiger partial charge is 0.253 e. The van der Waals surface area contributed by atoms with Crippen LogP contribution < -0.4 is 0 Å². The second-order valence-electron chi connectivity index (χ2n) is 5.32. The van der Waals surface area contributed by atoms with Gasteiger partial charge >= 0.3 is 0 Å². The van der Waals surface area contributed by atoms with E-state index in [1.54, 1.807) is 29.2 Å². The van der Waals surface area contributed by atoms with Crippen molar-refractivity contribution >= 4 is 5.91 Å². The van der Waals surface area contributed by atoms with Crippen molar-refractivity contribution < 1.29 is 14.6 Å². The first-order valence-corrected chi connectivity index (χ1v) is 6.07. The number of rotatable bonds is 4. The molecule has 1 aromatic rings. The zero-order valence-corrected chi connectivity index (χ0v) is 10.8. The number of aliphatic hydroxyl groups is 1. The highest BCUT2D eigenvalue weighted by Gasteiger charge is 2.35. The largest absolute Gasteiger partial charge is 0.392 e. The third-order valence-corrected chi connectivity index (χ3v) is 3.25. The Balaban J connectivity index is 2.00. The first-order valence-electron chi connectivity index (χ1n) is 6.07. The lowest BCUT2D eigenvalue weighted by atomic mass is 9.88. The van der Waals surface area contributed by atoms with E-state index < -0.39 is 0 Å². The van der Waals surface area contributed by atoms with Crippen molar-refractivity contribution in [2.75, 3.05) is 26.8 Å². The maximum absolute atomic E-state index is 12.2. The highest BCUT2D eigenvalue weighted by atomic mass is 16.5. The average molecular weight is 249 g/mol. The SMILES string of the molecule is CN(CC1(C)COC1)C(=O)c1ccc(CO)cc1. The van der Waals surface area contributed by atoms with Gasteiger partial charge in [-0.1, -0.05) is 19.1 Å². The van der Waals surface area contributed by atoms with Crippen LogP contribution in [0.4, 0.5) is 0 Å². The van der Waals surface area contributed by atoms with Gasteiger partial charge in [0.05, 0.1) is 19.8 Å². The average Bonchev–Trinajstić information content (AvgIpc) is 2.36. The highest BCUT2D eigenvalue weighted by Crippen LogP contribution is 2.27. The van der Waals surface area contributed by atoms with E-state index in [2.05, 4.69) is 6.92 Å². The zero-order chi connectivity index (χ0) is 13.2. The molecule has 1 aliphatic rings. The fraction of sp³-hybridized carbons (Fsp3) is 0.500. The first kappa shape index (κ1) is 13.1. The number of hydrogen-bond acceptors (Lipinski definition) is 3. The van der Waals surface area contributed by atoms with Crippen LogP contribution in [0.25, 0.3) is 0 Å². The van der Waals surface area contributed by atoms with Gasteiger partial charge < -0.3 is 14.7 Å². The summed E-state index contributed by atoms with van der Waals surface area (Å²) in [5, 5.41) is 8.96. The molecule has 18 heavy (non-hydrogen) atoms. The number of carbonyl (C=O) groups excluding carboxylic acids is 1. The molecule has 1 fully saturated rings. The van der Waals surface area contributed by atoms with E-state index in [4.69, 9.17) is 9.84 Å². The van der Waals surface area contributed by atoms with Crippen LogP contribution in [-0.2, 0) is 11.3 Å². The lowest BCUT2D eigenvalue weighted by Crippen LogP contribution is -2.49. The van der Waals surface area contributed by atoms with Gasteiger partial charge in [-0.05, 0) is 17.7 Å². The first-order chi connectivity index (χ1) is 8.54. The summed E-state index contributed by atoms with van der Waals surface area (Å²) in [4.78, 5) is 13.9. The monoisotopic (exact) mass is 249 g/mol. The van der Waals surface area contributed by atoms with Crippen molar-refractivity contribution in [3.05, 3.63) is 35.4 Å². The molecule has 1 saturated heterocycles. The summed E-state index contributed by atoms with van der Waals surface area (Å²) in [5.74, 6) is 0.00705. The van der Waals surface area contributed by atoms with E-state index >= 15 is 0 Å². The molecule has 2 rings (SSSR count). The van der Waals surface area contributed by atoms with Crippen LogP contribution in [0.15, 0.2) is 24.3 Å². The fourth-order valence-corrected chi connectivity index (χ4v) is 2.16. The van der Waals surface area contributed by atoms with Crippen LogP contribution in [-0.4, -0.2) is 42.7 Å². The van der Waals surface area contributed by atoms with Crippen molar-refractivity contribution in [3.63, 3.8) is 0 Å². The Morgan fingerprint density at radius 3 is 2.44 bits per heavy atom. The van der Waals surface area contributed by atoms with Crippen LogP contribution in [0.2, 0.25) is 0 Å². The molecule has 4 nitrogen and oxygen atoms in total. The number of hydrogen-bond donors (Lipinski definition) is 1. The molecule has 0 spiro atoms. The molecule has 0 saturated carbocycles. The minimum Gasteiger partial charge on any atom is -0.392 e. The van der Waals surface area contributed by atoms with Gasteiger partial charge in [0, 0.05) is 24.6 Å². The molecule has 0 aromatic heterocycles. The Morgan fingerprint density at radius 1 is 1.39 bits per heavy atom. The number of amides is 1. The number of benzene rings is 1. The quantitative estimate of drug-likeness (QED) is 0.874. The normalized spacial score (nSPS) is 17.1. The van der Waals surface area contributed by atoms with Crippen LogP contribution in [0.3, 0.4) is 0 Å². The number of carbonyl (C=O) groups is 1. The molecule has 4 heteroatoms. The van der Waals surface area contributed by atoms with E-state index in [9.17, 15) is 4.79 Å². The van der Waals surface area contributed by atoms with Gasteiger partial charge in [0.15, 0.2) is 0 Å². The summed E-state index contributed by atoms with van der Waals surface area (Å²) in [6.45, 7) is 4.25. The van der Waals surface area contributed by atoms with Crippen LogP contribution in [0, 0.1) is 5.41 Å². The molecule has 1 aliphatic heterocycles. The predicted octanol–water partition coefficient (Wildman–Crippen LogP) is 1.29. The van der Waals surface area contributed by atoms with Gasteiger partial charge in [-0.25, -0.2) is 0 Å². The molecule has 0 bridgehead atoms. The molecule has 1 aromatic carbocycles. The Kier molecular flexibility index (Phi) is 3.68. The molecular formula is C14H19NO3. The lowest BCUT2D eigenvalue weighted by molar-refractivity contribution is -0.109. The van der Waals surface area contributed by atoms with Gasteiger partial charge in [-0.3, -0.25) is 4.79 Å². The van der Waals surface area contributed by atoms with Gasteiger partial charge in [-0.15, -0.1) is 0 Å². The molecule has 0 radical (unpaired) electrons. The van der Waals surface area contributed by atoms with Crippen molar-refractivity contribution in [3.8, 4) is 0 Å². The summed E-state index contributed by atoms with van der Waals surface area (Å²) in [6, 6.07) is 7.05. The highest BCUT2D eigenvalue weighted by molar-refractivity contribution is 5.94. The second-order valence-corrected chi connectivity index (χ2v) is 5.32. The molecule has 98 valence electrons. The molecule has 0 aliphatic carbocycles. The van der Waals surface area contributed by atoms with Crippen molar-refractivity contribution in [1.82, 2.24) is 4.90 Å². The van der Waals surface area contributed by atoms with Gasteiger partial charge in [0.2, 0.25) is 0 Å². The molecule has 1 heterocycles. The molecular weight excluding hydrogens is 230 g/mol. The van der Waals surface area contributed by atoms with Crippen molar-refractivity contribution in [2.45, 2.75) is 13.5 Å². The second kappa shape index (κ2) is 5.08. The number of aliphatic hydroxyl groups excluding tert-OH is 1. The maximum Gasteiger partial charge on any atom is 0.253 e. The molecule has 1 N–H and O–H groups in total. The Bertz CT molecular complexity index is 423. The number of ether oxygens (including phenoxy) is 1. The number of nitrogens with zero attached hydrogens (tertiary/aromatic N) is 1. The van der Waals surface area contributed by atoms with E-state index in [-0.39, 0.29) is 17.9 Å². The van der Waals surface area contributed by atoms with Gasteiger partial charge in [0.1, 0.15) is 0 Å². The predicted molar refractivity (Wildman–Crippen MR) is 68.3 cm³/mol. The molecule has 1 amide bonds. The minimum absolute atomic E-state index is 0.000278. The van der Waals surface area contributed by atoms with Crippen molar-refractivity contribution in [2.24, 2.45) is 5.41 Å². The van der Waals surface area contributed by atoms with E-state index in [0.29, 0.717) is 25.3 Å². The fourth-order valence-electron chi connectivity index (χ4n) is 2.16. The third kappa shape index (κ3) is 2.71. The summed E-state index contributed by atoms with van der Waals surface area (Å²) in [7, 11) is 1.81. The topological polar surface area (TPSA) is 49.8 Å². The summed E-state index contributed by atoms with van der Waals surface area (Å²) < 4.78 is 5.19. The van der Waals surface area contributed by atoms with Gasteiger partial charge in [-0.2, -0.15) is 0 Å². The standard InChI is InChI=1S/C14H19NO3/c1-14(9-18-10-14)8-15(2)13(17)12-5-3-11(7-16)4-6-12/h3-6,16H,7-10H2,1-2H3. The van der Waals surface area contributed by atoms with E-state index in [1.807, 2.05) is 7.05 Å². The van der Waals surface area contributed by atoms with E-state index in [0.717, 1.165) is 5.56 Å². The van der Waals surface area contributed by atoms with Crippen molar-refractivity contribution in [1.29, 1.82) is 0 Å². The summed E-state index contributed by atoms with van der Waals surface area (Å²) in [5.41, 5.74) is 1.56. The zero-order valence-electron chi connectivity index (χ0n) is 10.8. The lowest BCUT2D eigenvalue weighted by Gasteiger charge is -2.40.